The van der Waals surface area contributed by atoms with Crippen molar-refractivity contribution in [2.75, 3.05) is 18.0 Å². The molecule has 2 rings (SSSR count). The Morgan fingerprint density at radius 3 is 2.94 bits per heavy atom. The maximum atomic E-state index is 10.5. The fourth-order valence-electron chi connectivity index (χ4n) is 2.32. The molecule has 1 N–H and O–H groups in total. The zero-order valence-electron chi connectivity index (χ0n) is 9.60. The summed E-state index contributed by atoms with van der Waals surface area (Å²) in [5.41, 5.74) is 1.21. The fourth-order valence-corrected chi connectivity index (χ4v) is 2.86. The van der Waals surface area contributed by atoms with Gasteiger partial charge >= 0.3 is 5.97 Å². The highest BCUT2D eigenvalue weighted by atomic mass is 79.9. The molecule has 92 valence electrons. The van der Waals surface area contributed by atoms with Crippen LogP contribution in [0, 0.1) is 5.92 Å². The lowest BCUT2D eigenvalue weighted by atomic mass is 10.0. The van der Waals surface area contributed by atoms with E-state index < -0.39 is 5.97 Å². The molecule has 3 nitrogen and oxygen atoms in total. The van der Waals surface area contributed by atoms with E-state index in [1.165, 1.54) is 5.69 Å². The van der Waals surface area contributed by atoms with Crippen molar-refractivity contribution >= 4 is 27.6 Å². The van der Waals surface area contributed by atoms with E-state index in [4.69, 9.17) is 5.11 Å². The molecule has 0 spiro atoms. The van der Waals surface area contributed by atoms with Gasteiger partial charge in [0, 0.05) is 24.0 Å². The maximum absolute atomic E-state index is 10.5. The minimum atomic E-state index is -0.690. The van der Waals surface area contributed by atoms with Crippen molar-refractivity contribution in [3.05, 3.63) is 28.7 Å². The normalized spacial score (nSPS) is 19.6. The molecule has 4 heteroatoms. The number of anilines is 1. The molecule has 1 aromatic rings. The summed E-state index contributed by atoms with van der Waals surface area (Å²) in [6.07, 6.45) is 2.17. The summed E-state index contributed by atoms with van der Waals surface area (Å²) >= 11 is 3.55. The van der Waals surface area contributed by atoms with E-state index in [9.17, 15) is 4.79 Å². The smallest absolute Gasteiger partial charge is 0.303 e. The summed E-state index contributed by atoms with van der Waals surface area (Å²) in [5.74, 6) is -0.178. The van der Waals surface area contributed by atoms with E-state index >= 15 is 0 Å². The number of carbonyl (C=O) groups is 1. The van der Waals surface area contributed by atoms with Crippen LogP contribution in [0.1, 0.15) is 19.3 Å². The Morgan fingerprint density at radius 2 is 2.24 bits per heavy atom. The van der Waals surface area contributed by atoms with E-state index in [2.05, 4.69) is 26.9 Å². The fraction of sp³-hybridized carbons (Fsp3) is 0.462. The predicted octanol–water partition coefficient (Wildman–Crippen LogP) is 3.14. The number of benzene rings is 1. The number of aliphatic carboxylic acids is 1. The average Bonchev–Trinajstić information content (AvgIpc) is 2.75. The monoisotopic (exact) mass is 297 g/mol. The molecule has 1 saturated heterocycles. The molecule has 1 fully saturated rings. The highest BCUT2D eigenvalue weighted by Crippen LogP contribution is 2.31. The van der Waals surface area contributed by atoms with Crippen LogP contribution in [0.25, 0.3) is 0 Å². The molecule has 0 amide bonds. The Kier molecular flexibility index (Phi) is 4.05. The molecule has 0 aliphatic carbocycles. The maximum Gasteiger partial charge on any atom is 0.303 e. The Bertz CT molecular complexity index is 408. The van der Waals surface area contributed by atoms with E-state index in [-0.39, 0.29) is 6.42 Å². The summed E-state index contributed by atoms with van der Waals surface area (Å²) in [6, 6.07) is 8.18. The lowest BCUT2D eigenvalue weighted by Crippen LogP contribution is -2.20. The lowest BCUT2D eigenvalue weighted by molar-refractivity contribution is -0.137. The van der Waals surface area contributed by atoms with Crippen molar-refractivity contribution in [1.82, 2.24) is 0 Å². The standard InChI is InChI=1S/C13H16BrNO2/c14-11-3-1-2-4-12(11)15-8-7-10(9-15)5-6-13(16)17/h1-4,10H,5-9H2,(H,16,17). The molecule has 1 aliphatic heterocycles. The number of hydrogen-bond acceptors (Lipinski definition) is 2. The third kappa shape index (κ3) is 3.22. The van der Waals surface area contributed by atoms with Crippen molar-refractivity contribution in [2.45, 2.75) is 19.3 Å². The molecule has 0 bridgehead atoms. The molecular weight excluding hydrogens is 282 g/mol. The van der Waals surface area contributed by atoms with Crippen LogP contribution in [0.4, 0.5) is 5.69 Å². The van der Waals surface area contributed by atoms with Gasteiger partial charge in [0.2, 0.25) is 0 Å². The Labute approximate surface area is 110 Å². The number of hydrogen-bond donors (Lipinski definition) is 1. The van der Waals surface area contributed by atoms with Crippen molar-refractivity contribution in [3.8, 4) is 0 Å². The van der Waals surface area contributed by atoms with Gasteiger partial charge in [-0.15, -0.1) is 0 Å². The number of nitrogens with zero attached hydrogens (tertiary/aromatic N) is 1. The van der Waals surface area contributed by atoms with Gasteiger partial charge in [0.05, 0.1) is 5.69 Å². The van der Waals surface area contributed by atoms with Crippen LogP contribution in [0.15, 0.2) is 28.7 Å². The van der Waals surface area contributed by atoms with Crippen LogP contribution in [0.2, 0.25) is 0 Å². The lowest BCUT2D eigenvalue weighted by Gasteiger charge is -2.20. The van der Waals surface area contributed by atoms with Gasteiger partial charge in [-0.25, -0.2) is 0 Å². The van der Waals surface area contributed by atoms with E-state index in [1.807, 2.05) is 18.2 Å². The molecular formula is C13H16BrNO2. The minimum absolute atomic E-state index is 0.286. The molecule has 17 heavy (non-hydrogen) atoms. The molecule has 0 aromatic heterocycles. The first-order chi connectivity index (χ1) is 8.16. The molecule has 1 aliphatic rings. The summed E-state index contributed by atoms with van der Waals surface area (Å²) < 4.78 is 1.11. The number of halogens is 1. The summed E-state index contributed by atoms with van der Waals surface area (Å²) in [7, 11) is 0. The third-order valence-electron chi connectivity index (χ3n) is 3.25. The number of rotatable bonds is 4. The van der Waals surface area contributed by atoms with Gasteiger partial charge in [0.15, 0.2) is 0 Å². The van der Waals surface area contributed by atoms with Gasteiger partial charge < -0.3 is 10.0 Å². The van der Waals surface area contributed by atoms with Gasteiger partial charge in [-0.05, 0) is 46.8 Å². The third-order valence-corrected chi connectivity index (χ3v) is 3.92. The predicted molar refractivity (Wildman–Crippen MR) is 71.3 cm³/mol. The van der Waals surface area contributed by atoms with Gasteiger partial charge in [-0.2, -0.15) is 0 Å². The van der Waals surface area contributed by atoms with Crippen molar-refractivity contribution < 1.29 is 9.90 Å². The molecule has 0 radical (unpaired) electrons. The summed E-state index contributed by atoms with van der Waals surface area (Å²) in [4.78, 5) is 12.9. The van der Waals surface area contributed by atoms with Crippen molar-refractivity contribution in [3.63, 3.8) is 0 Å². The highest BCUT2D eigenvalue weighted by molar-refractivity contribution is 9.10. The van der Waals surface area contributed by atoms with Gasteiger partial charge in [-0.1, -0.05) is 12.1 Å². The van der Waals surface area contributed by atoms with Crippen LogP contribution in [0.5, 0.6) is 0 Å². The Morgan fingerprint density at radius 1 is 1.47 bits per heavy atom. The largest absolute Gasteiger partial charge is 0.481 e. The topological polar surface area (TPSA) is 40.5 Å². The SMILES string of the molecule is O=C(O)CCC1CCN(c2ccccc2Br)C1. The van der Waals surface area contributed by atoms with Crippen LogP contribution in [-0.2, 0) is 4.79 Å². The van der Waals surface area contributed by atoms with Gasteiger partial charge in [0.25, 0.3) is 0 Å². The molecule has 1 unspecified atom stereocenters. The zero-order valence-corrected chi connectivity index (χ0v) is 11.2. The Hall–Kier alpha value is -1.03. The first-order valence-electron chi connectivity index (χ1n) is 5.88. The van der Waals surface area contributed by atoms with Gasteiger partial charge in [-0.3, -0.25) is 4.79 Å². The first-order valence-corrected chi connectivity index (χ1v) is 6.67. The first kappa shape index (κ1) is 12.4. The minimum Gasteiger partial charge on any atom is -0.481 e. The van der Waals surface area contributed by atoms with E-state index in [0.717, 1.165) is 30.4 Å². The van der Waals surface area contributed by atoms with Crippen LogP contribution in [0.3, 0.4) is 0 Å². The van der Waals surface area contributed by atoms with E-state index in [1.54, 1.807) is 0 Å². The molecule has 1 heterocycles. The number of carboxylic acid groups (broad SMARTS) is 1. The van der Waals surface area contributed by atoms with E-state index in [0.29, 0.717) is 5.92 Å². The number of carboxylic acids is 1. The quantitative estimate of drug-likeness (QED) is 0.928. The summed E-state index contributed by atoms with van der Waals surface area (Å²) in [6.45, 7) is 1.99. The number of para-hydroxylation sites is 1. The van der Waals surface area contributed by atoms with Crippen molar-refractivity contribution in [2.24, 2.45) is 5.92 Å². The molecule has 0 saturated carbocycles. The van der Waals surface area contributed by atoms with Crippen molar-refractivity contribution in [1.29, 1.82) is 0 Å². The second kappa shape index (κ2) is 5.54. The zero-order chi connectivity index (χ0) is 12.3. The van der Waals surface area contributed by atoms with Crippen LogP contribution < -0.4 is 4.90 Å². The summed E-state index contributed by atoms with van der Waals surface area (Å²) in [5, 5.41) is 8.68. The van der Waals surface area contributed by atoms with Gasteiger partial charge in [0.1, 0.15) is 0 Å². The van der Waals surface area contributed by atoms with Crippen LogP contribution >= 0.6 is 15.9 Å². The average molecular weight is 298 g/mol. The second-order valence-corrected chi connectivity index (χ2v) is 5.34. The van der Waals surface area contributed by atoms with Crippen LogP contribution in [-0.4, -0.2) is 24.2 Å². The molecule has 1 atom stereocenters. The second-order valence-electron chi connectivity index (χ2n) is 4.48. The molecule has 1 aromatic carbocycles. The highest BCUT2D eigenvalue weighted by Gasteiger charge is 2.23. The Balaban J connectivity index is 1.94.